The lowest BCUT2D eigenvalue weighted by molar-refractivity contribution is 0.0822. The fourth-order valence-electron chi connectivity index (χ4n) is 4.35. The van der Waals surface area contributed by atoms with Crippen LogP contribution >= 0.6 is 0 Å². The molecule has 0 spiro atoms. The van der Waals surface area contributed by atoms with Gasteiger partial charge in [-0.25, -0.2) is 13.8 Å². The Balaban J connectivity index is 0.00000164. The normalized spacial score (nSPS) is 12.6. The molecule has 1 aliphatic carbocycles. The van der Waals surface area contributed by atoms with Crippen LogP contribution in [0.2, 0.25) is 0 Å². The number of pyridine rings is 2. The predicted octanol–water partition coefficient (Wildman–Crippen LogP) is 4.25. The molecule has 8 nitrogen and oxygen atoms in total. The summed E-state index contributed by atoms with van der Waals surface area (Å²) < 4.78 is 30.3. The van der Waals surface area contributed by atoms with Gasteiger partial charge in [0.25, 0.3) is 11.5 Å². The van der Waals surface area contributed by atoms with Gasteiger partial charge in [-0.3, -0.25) is 14.2 Å². The van der Waals surface area contributed by atoms with Crippen molar-refractivity contribution in [2.45, 2.75) is 32.1 Å². The zero-order chi connectivity index (χ0) is 27.7. The van der Waals surface area contributed by atoms with Crippen LogP contribution in [-0.2, 0) is 6.42 Å². The first-order valence-electron chi connectivity index (χ1n) is 12.2. The van der Waals surface area contributed by atoms with E-state index in [1.807, 2.05) is 6.92 Å². The number of fused-ring (bicyclic) bond motifs is 1. The van der Waals surface area contributed by atoms with E-state index < -0.39 is 23.1 Å². The first kappa shape index (κ1) is 26.7. The van der Waals surface area contributed by atoms with Crippen molar-refractivity contribution in [2.24, 2.45) is 5.73 Å². The Hall–Kier alpha value is -4.36. The smallest absolute Gasteiger partial charge is 0.280 e. The molecule has 5 rings (SSSR count). The second kappa shape index (κ2) is 10.6. The van der Waals surface area contributed by atoms with Gasteiger partial charge < -0.3 is 15.6 Å². The topological polar surface area (TPSA) is 121 Å². The van der Waals surface area contributed by atoms with Gasteiger partial charge in [0.2, 0.25) is 0 Å². The van der Waals surface area contributed by atoms with E-state index in [9.17, 15) is 23.6 Å². The number of rotatable bonds is 5. The molecule has 1 aromatic carbocycles. The minimum absolute atomic E-state index is 0.161. The second-order valence-corrected chi connectivity index (χ2v) is 9.16. The molecule has 0 radical (unpaired) electrons. The van der Waals surface area contributed by atoms with Crippen LogP contribution in [0.1, 0.15) is 53.0 Å². The highest BCUT2D eigenvalue weighted by atomic mass is 19.2. The highest BCUT2D eigenvalue weighted by molar-refractivity contribution is 6.01. The lowest BCUT2D eigenvalue weighted by atomic mass is 9.97. The quantitative estimate of drug-likeness (QED) is 0.409. The fourth-order valence-corrected chi connectivity index (χ4v) is 4.35. The molecule has 0 atom stereocenters. The second-order valence-electron chi connectivity index (χ2n) is 9.16. The SMILES string of the molecule is CCc1cc2c(C#N)cn(-c3cc(-c4ccc(F)c(F)c4C(=O)N(C)C)cc(C4CC4)n3)c(=O)c2[nH]1.CN. The Morgan fingerprint density at radius 2 is 1.95 bits per heavy atom. The van der Waals surface area contributed by atoms with Crippen LogP contribution in [0.4, 0.5) is 8.78 Å². The molecule has 1 amide bonds. The molecular weight excluding hydrogens is 490 g/mol. The number of benzene rings is 1. The maximum atomic E-state index is 14.9. The van der Waals surface area contributed by atoms with Gasteiger partial charge in [0.1, 0.15) is 17.4 Å². The summed E-state index contributed by atoms with van der Waals surface area (Å²) >= 11 is 0. The van der Waals surface area contributed by atoms with Gasteiger partial charge in [0.05, 0.1) is 11.1 Å². The van der Waals surface area contributed by atoms with Crippen molar-refractivity contribution < 1.29 is 13.6 Å². The first-order valence-corrected chi connectivity index (χ1v) is 12.2. The van der Waals surface area contributed by atoms with E-state index in [1.165, 1.54) is 42.9 Å². The Morgan fingerprint density at radius 3 is 2.55 bits per heavy atom. The van der Waals surface area contributed by atoms with Gasteiger partial charge in [-0.05, 0) is 61.7 Å². The number of hydrogen-bond acceptors (Lipinski definition) is 5. The number of aromatic amines is 1. The number of aromatic nitrogens is 3. The van der Waals surface area contributed by atoms with E-state index >= 15 is 0 Å². The molecule has 1 saturated carbocycles. The third-order valence-corrected chi connectivity index (χ3v) is 6.46. The average molecular weight is 519 g/mol. The van der Waals surface area contributed by atoms with Gasteiger partial charge in [0, 0.05) is 43.0 Å². The zero-order valence-electron chi connectivity index (χ0n) is 21.6. The molecule has 0 bridgehead atoms. The molecule has 0 saturated heterocycles. The van der Waals surface area contributed by atoms with E-state index in [4.69, 9.17) is 0 Å². The molecule has 3 N–H and O–H groups in total. The monoisotopic (exact) mass is 518 g/mol. The molecule has 0 unspecified atom stereocenters. The molecule has 1 aliphatic rings. The van der Waals surface area contributed by atoms with E-state index in [1.54, 1.807) is 18.2 Å². The van der Waals surface area contributed by atoms with Crippen molar-refractivity contribution in [2.75, 3.05) is 21.1 Å². The van der Waals surface area contributed by atoms with E-state index in [0.717, 1.165) is 24.6 Å². The van der Waals surface area contributed by atoms with Gasteiger partial charge in [-0.1, -0.05) is 13.0 Å². The number of hydrogen-bond donors (Lipinski definition) is 2. The summed E-state index contributed by atoms with van der Waals surface area (Å²) in [5.41, 5.74) is 6.45. The predicted molar refractivity (Wildman–Crippen MR) is 141 cm³/mol. The summed E-state index contributed by atoms with van der Waals surface area (Å²) in [5.74, 6) is -2.65. The molecule has 196 valence electrons. The number of amides is 1. The van der Waals surface area contributed by atoms with Crippen LogP contribution in [0.3, 0.4) is 0 Å². The molecular formula is C28H28F2N6O2. The van der Waals surface area contributed by atoms with Crippen molar-refractivity contribution >= 4 is 16.8 Å². The number of carbonyl (C=O) groups excluding carboxylic acids is 1. The largest absolute Gasteiger partial charge is 0.354 e. The number of H-pyrrole nitrogens is 1. The Morgan fingerprint density at radius 1 is 1.24 bits per heavy atom. The molecule has 1 fully saturated rings. The van der Waals surface area contributed by atoms with Crippen molar-refractivity contribution in [1.29, 1.82) is 5.26 Å². The molecule has 0 aliphatic heterocycles. The van der Waals surface area contributed by atoms with Gasteiger partial charge in [-0.15, -0.1) is 0 Å². The number of nitrogens with one attached hydrogen (secondary N) is 1. The summed E-state index contributed by atoms with van der Waals surface area (Å²) in [6.45, 7) is 1.94. The summed E-state index contributed by atoms with van der Waals surface area (Å²) in [6, 6.07) is 9.58. The lowest BCUT2D eigenvalue weighted by Crippen LogP contribution is -2.24. The standard InChI is InChI=1S/C27H23F2N5O2.CH5N/c1-4-17-11-19-16(12-30)13-34(27(36)25(19)31-17)22-10-15(9-21(32-22)14-5-6-14)18-7-8-20(28)24(29)23(18)26(35)33(2)3;1-2/h7-11,13-14,31H,4-6H2,1-3H3;2H2,1H3. The minimum Gasteiger partial charge on any atom is -0.354 e. The lowest BCUT2D eigenvalue weighted by Gasteiger charge is -2.17. The molecule has 3 aromatic heterocycles. The van der Waals surface area contributed by atoms with E-state index in [2.05, 4.69) is 21.8 Å². The van der Waals surface area contributed by atoms with Crippen molar-refractivity contribution in [3.8, 4) is 23.0 Å². The Bertz CT molecular complexity index is 1640. The fraction of sp³-hybridized carbons (Fsp3) is 0.286. The van der Waals surface area contributed by atoms with E-state index in [-0.39, 0.29) is 22.9 Å². The first-order chi connectivity index (χ1) is 18.2. The molecule has 3 heterocycles. The van der Waals surface area contributed by atoms with Gasteiger partial charge in [0.15, 0.2) is 11.6 Å². The number of nitrogens with zero attached hydrogens (tertiary/aromatic N) is 4. The number of nitriles is 1. The summed E-state index contributed by atoms with van der Waals surface area (Å²) in [5, 5.41) is 10.3. The van der Waals surface area contributed by atoms with Gasteiger partial charge in [-0.2, -0.15) is 5.26 Å². The summed E-state index contributed by atoms with van der Waals surface area (Å²) in [7, 11) is 4.42. The maximum Gasteiger partial charge on any atom is 0.280 e. The van der Waals surface area contributed by atoms with Crippen molar-refractivity contribution in [3.63, 3.8) is 0 Å². The summed E-state index contributed by atoms with van der Waals surface area (Å²) in [6.07, 6.45) is 3.92. The van der Waals surface area contributed by atoms with Crippen LogP contribution < -0.4 is 11.3 Å². The zero-order valence-corrected chi connectivity index (χ0v) is 21.6. The van der Waals surface area contributed by atoms with Crippen LogP contribution in [0.15, 0.2) is 41.3 Å². The van der Waals surface area contributed by atoms with Crippen LogP contribution in [0.5, 0.6) is 0 Å². The highest BCUT2D eigenvalue weighted by Gasteiger charge is 2.28. The molecule has 10 heteroatoms. The minimum atomic E-state index is -1.23. The number of carbonyl (C=O) groups is 1. The van der Waals surface area contributed by atoms with Crippen LogP contribution in [-0.4, -0.2) is 46.5 Å². The highest BCUT2D eigenvalue weighted by Crippen LogP contribution is 2.41. The van der Waals surface area contributed by atoms with Crippen molar-refractivity contribution in [3.05, 3.63) is 81.0 Å². The third-order valence-electron chi connectivity index (χ3n) is 6.46. The van der Waals surface area contributed by atoms with Crippen molar-refractivity contribution in [1.82, 2.24) is 19.4 Å². The third kappa shape index (κ3) is 4.68. The van der Waals surface area contributed by atoms with Crippen LogP contribution in [0.25, 0.3) is 27.8 Å². The summed E-state index contributed by atoms with van der Waals surface area (Å²) in [4.78, 5) is 35.2. The number of nitrogens with two attached hydrogens (primary N) is 1. The number of halogens is 2. The van der Waals surface area contributed by atoms with Crippen LogP contribution in [0, 0.1) is 23.0 Å². The average Bonchev–Trinajstić information content (AvgIpc) is 3.69. The maximum absolute atomic E-state index is 14.9. The molecule has 38 heavy (non-hydrogen) atoms. The molecule has 4 aromatic rings. The Labute approximate surface area is 218 Å². The van der Waals surface area contributed by atoms with Gasteiger partial charge >= 0.3 is 0 Å². The Kier molecular flexibility index (Phi) is 7.41. The number of aryl methyl sites for hydroxylation is 1. The van der Waals surface area contributed by atoms with E-state index in [0.29, 0.717) is 34.1 Å².